The van der Waals surface area contributed by atoms with Crippen molar-refractivity contribution >= 4 is 17.5 Å². The van der Waals surface area contributed by atoms with Crippen LogP contribution in [-0.2, 0) is 13.1 Å². The average molecular weight is 356 g/mol. The van der Waals surface area contributed by atoms with Crippen molar-refractivity contribution in [1.82, 2.24) is 14.9 Å². The summed E-state index contributed by atoms with van der Waals surface area (Å²) in [5.41, 5.74) is 2.59. The van der Waals surface area contributed by atoms with E-state index < -0.39 is 0 Å². The Morgan fingerprint density at radius 1 is 1.24 bits per heavy atom. The second-order valence-electron chi connectivity index (χ2n) is 5.53. The molecule has 0 fully saturated rings. The molecule has 0 aliphatic heterocycles. The summed E-state index contributed by atoms with van der Waals surface area (Å²) >= 11 is 6.00. The van der Waals surface area contributed by atoms with Gasteiger partial charge < -0.3 is 14.6 Å². The molecule has 0 saturated carbocycles. The highest BCUT2D eigenvalue weighted by atomic mass is 35.5. The van der Waals surface area contributed by atoms with Gasteiger partial charge in [-0.15, -0.1) is 0 Å². The number of carbonyl (C=O) groups excluding carboxylic acids is 1. The number of rotatable bonds is 6. The SMILES string of the molecule is COc1ccc(Cl)cc1C(=O)NCc1ccccc1Cn1ccnc1. The van der Waals surface area contributed by atoms with Crippen molar-refractivity contribution in [1.29, 1.82) is 0 Å². The molecule has 0 saturated heterocycles. The Hall–Kier alpha value is -2.79. The highest BCUT2D eigenvalue weighted by Crippen LogP contribution is 2.22. The zero-order valence-corrected chi connectivity index (χ0v) is 14.5. The molecule has 0 unspecified atom stereocenters. The van der Waals surface area contributed by atoms with E-state index in [1.54, 1.807) is 30.7 Å². The van der Waals surface area contributed by atoms with Crippen LogP contribution in [0.4, 0.5) is 0 Å². The summed E-state index contributed by atoms with van der Waals surface area (Å²) in [4.78, 5) is 16.6. The zero-order valence-electron chi connectivity index (χ0n) is 13.8. The van der Waals surface area contributed by atoms with Gasteiger partial charge in [-0.05, 0) is 29.3 Å². The number of ether oxygens (including phenoxy) is 1. The fraction of sp³-hybridized carbons (Fsp3) is 0.158. The van der Waals surface area contributed by atoms with Gasteiger partial charge in [-0.2, -0.15) is 0 Å². The molecule has 2 aromatic carbocycles. The lowest BCUT2D eigenvalue weighted by molar-refractivity contribution is 0.0948. The van der Waals surface area contributed by atoms with Gasteiger partial charge in [-0.1, -0.05) is 35.9 Å². The highest BCUT2D eigenvalue weighted by Gasteiger charge is 2.13. The minimum absolute atomic E-state index is 0.225. The number of hydrogen-bond acceptors (Lipinski definition) is 3. The minimum atomic E-state index is -0.225. The second-order valence-corrected chi connectivity index (χ2v) is 5.97. The Morgan fingerprint density at radius 3 is 2.76 bits per heavy atom. The summed E-state index contributed by atoms with van der Waals surface area (Å²) in [5, 5.41) is 3.43. The van der Waals surface area contributed by atoms with Gasteiger partial charge in [0.1, 0.15) is 5.75 Å². The molecule has 3 rings (SSSR count). The lowest BCUT2D eigenvalue weighted by Crippen LogP contribution is -2.24. The normalized spacial score (nSPS) is 10.5. The lowest BCUT2D eigenvalue weighted by Gasteiger charge is -2.13. The van der Waals surface area contributed by atoms with Crippen molar-refractivity contribution in [2.45, 2.75) is 13.1 Å². The van der Waals surface area contributed by atoms with Crippen LogP contribution >= 0.6 is 11.6 Å². The van der Waals surface area contributed by atoms with E-state index in [2.05, 4.69) is 10.3 Å². The number of imidazole rings is 1. The topological polar surface area (TPSA) is 56.1 Å². The smallest absolute Gasteiger partial charge is 0.255 e. The van der Waals surface area contributed by atoms with Crippen LogP contribution in [0.2, 0.25) is 5.02 Å². The summed E-state index contributed by atoms with van der Waals surface area (Å²) in [6.45, 7) is 1.12. The Morgan fingerprint density at radius 2 is 2.04 bits per heavy atom. The number of nitrogens with zero attached hydrogens (tertiary/aromatic N) is 2. The van der Waals surface area contributed by atoms with Crippen LogP contribution in [0.5, 0.6) is 5.75 Å². The molecule has 0 aliphatic rings. The van der Waals surface area contributed by atoms with E-state index in [-0.39, 0.29) is 5.91 Å². The van der Waals surface area contributed by atoms with Gasteiger partial charge in [-0.25, -0.2) is 4.98 Å². The molecule has 1 heterocycles. The molecule has 5 nitrogen and oxygen atoms in total. The molecule has 3 aromatic rings. The van der Waals surface area contributed by atoms with Crippen LogP contribution in [-0.4, -0.2) is 22.6 Å². The van der Waals surface area contributed by atoms with Crippen LogP contribution in [0.1, 0.15) is 21.5 Å². The Kier molecular flexibility index (Phi) is 5.36. The minimum Gasteiger partial charge on any atom is -0.496 e. The van der Waals surface area contributed by atoms with Gasteiger partial charge in [0, 0.05) is 30.5 Å². The largest absolute Gasteiger partial charge is 0.496 e. The van der Waals surface area contributed by atoms with Gasteiger partial charge in [0.2, 0.25) is 0 Å². The quantitative estimate of drug-likeness (QED) is 0.736. The molecule has 0 atom stereocenters. The van der Waals surface area contributed by atoms with Gasteiger partial charge in [-0.3, -0.25) is 4.79 Å². The molecule has 128 valence electrons. The van der Waals surface area contributed by atoms with Crippen molar-refractivity contribution in [3.8, 4) is 5.75 Å². The van der Waals surface area contributed by atoms with Gasteiger partial charge in [0.25, 0.3) is 5.91 Å². The molecule has 1 amide bonds. The molecular weight excluding hydrogens is 338 g/mol. The third kappa shape index (κ3) is 4.19. The third-order valence-corrected chi connectivity index (χ3v) is 4.11. The van der Waals surface area contributed by atoms with E-state index in [0.717, 1.165) is 11.1 Å². The molecule has 0 spiro atoms. The van der Waals surface area contributed by atoms with Gasteiger partial charge >= 0.3 is 0 Å². The summed E-state index contributed by atoms with van der Waals surface area (Å²) in [7, 11) is 1.53. The monoisotopic (exact) mass is 355 g/mol. The Labute approximate surface area is 151 Å². The Balaban J connectivity index is 1.74. The number of methoxy groups -OCH3 is 1. The molecule has 0 radical (unpaired) electrons. The number of hydrogen-bond donors (Lipinski definition) is 1. The Bertz CT molecular complexity index is 863. The molecule has 0 aliphatic carbocycles. The summed E-state index contributed by atoms with van der Waals surface area (Å²) in [6, 6.07) is 13.0. The van der Waals surface area contributed by atoms with E-state index >= 15 is 0 Å². The number of halogens is 1. The van der Waals surface area contributed by atoms with E-state index in [4.69, 9.17) is 16.3 Å². The molecule has 6 heteroatoms. The number of carbonyl (C=O) groups is 1. The molecule has 1 aromatic heterocycles. The van der Waals surface area contributed by atoms with Crippen molar-refractivity contribution in [3.05, 3.63) is 82.9 Å². The lowest BCUT2D eigenvalue weighted by atomic mass is 10.1. The highest BCUT2D eigenvalue weighted by molar-refractivity contribution is 6.31. The van der Waals surface area contributed by atoms with Crippen LogP contribution < -0.4 is 10.1 Å². The predicted molar refractivity (Wildman–Crippen MR) is 96.9 cm³/mol. The third-order valence-electron chi connectivity index (χ3n) is 3.88. The van der Waals surface area contributed by atoms with Crippen LogP contribution in [0.25, 0.3) is 0 Å². The summed E-state index contributed by atoms with van der Waals surface area (Å²) in [5.74, 6) is 0.269. The van der Waals surface area contributed by atoms with Crippen molar-refractivity contribution in [2.24, 2.45) is 0 Å². The van der Waals surface area contributed by atoms with Crippen molar-refractivity contribution in [3.63, 3.8) is 0 Å². The molecule has 1 N–H and O–H groups in total. The summed E-state index contributed by atoms with van der Waals surface area (Å²) in [6.07, 6.45) is 5.42. The maximum absolute atomic E-state index is 12.5. The van der Waals surface area contributed by atoms with Crippen LogP contribution in [0, 0.1) is 0 Å². The molecule has 25 heavy (non-hydrogen) atoms. The number of benzene rings is 2. The number of aromatic nitrogens is 2. The maximum Gasteiger partial charge on any atom is 0.255 e. The first-order valence-corrected chi connectivity index (χ1v) is 8.19. The van der Waals surface area contributed by atoms with E-state index in [1.165, 1.54) is 7.11 Å². The van der Waals surface area contributed by atoms with Crippen molar-refractivity contribution in [2.75, 3.05) is 7.11 Å². The van der Waals surface area contributed by atoms with Crippen LogP contribution in [0.15, 0.2) is 61.2 Å². The molecule has 0 bridgehead atoms. The first-order chi connectivity index (χ1) is 12.2. The van der Waals surface area contributed by atoms with Gasteiger partial charge in [0.15, 0.2) is 0 Å². The zero-order chi connectivity index (χ0) is 17.6. The van der Waals surface area contributed by atoms with Crippen molar-refractivity contribution < 1.29 is 9.53 Å². The first-order valence-electron chi connectivity index (χ1n) is 7.81. The molecular formula is C19H18ClN3O2. The number of amides is 1. The maximum atomic E-state index is 12.5. The predicted octanol–water partition coefficient (Wildman–Crippen LogP) is 3.52. The standard InChI is InChI=1S/C19H18ClN3O2/c1-25-18-7-6-16(20)10-17(18)19(24)22-11-14-4-2-3-5-15(14)12-23-9-8-21-13-23/h2-10,13H,11-12H2,1H3,(H,22,24). The fourth-order valence-corrected chi connectivity index (χ4v) is 2.76. The van der Waals surface area contributed by atoms with E-state index in [9.17, 15) is 4.79 Å². The fourth-order valence-electron chi connectivity index (χ4n) is 2.59. The van der Waals surface area contributed by atoms with Gasteiger partial charge in [0.05, 0.1) is 19.0 Å². The first kappa shape index (κ1) is 17.0. The number of nitrogens with one attached hydrogen (secondary N) is 1. The van der Waals surface area contributed by atoms with E-state index in [1.807, 2.05) is 35.0 Å². The second kappa shape index (κ2) is 7.85. The van der Waals surface area contributed by atoms with Crippen LogP contribution in [0.3, 0.4) is 0 Å². The average Bonchev–Trinajstić information content (AvgIpc) is 3.13. The summed E-state index contributed by atoms with van der Waals surface area (Å²) < 4.78 is 7.22. The van der Waals surface area contributed by atoms with E-state index in [0.29, 0.717) is 29.4 Å².